The molecule has 1 aromatic rings. The van der Waals surface area contributed by atoms with E-state index in [-0.39, 0.29) is 12.4 Å². The van der Waals surface area contributed by atoms with Crippen LogP contribution in [0.4, 0.5) is 13.2 Å². The third-order valence-electron chi connectivity index (χ3n) is 3.60. The summed E-state index contributed by atoms with van der Waals surface area (Å²) in [5.41, 5.74) is -0.183. The van der Waals surface area contributed by atoms with Gasteiger partial charge in [-0.3, -0.25) is 9.69 Å². The lowest BCUT2D eigenvalue weighted by atomic mass is 10.0. The number of nitrogens with zero attached hydrogens (tertiary/aromatic N) is 1. The molecule has 0 aliphatic carbocycles. The van der Waals surface area contributed by atoms with Crippen LogP contribution >= 0.6 is 0 Å². The van der Waals surface area contributed by atoms with Gasteiger partial charge in [-0.1, -0.05) is 12.1 Å². The van der Waals surface area contributed by atoms with Crippen LogP contribution in [0.3, 0.4) is 0 Å². The van der Waals surface area contributed by atoms with E-state index in [4.69, 9.17) is 4.74 Å². The van der Waals surface area contributed by atoms with E-state index in [9.17, 15) is 18.0 Å². The first-order valence-electron chi connectivity index (χ1n) is 6.98. The van der Waals surface area contributed by atoms with Gasteiger partial charge in [0, 0.05) is 19.6 Å². The van der Waals surface area contributed by atoms with Crippen LogP contribution in [0.15, 0.2) is 24.3 Å². The molecule has 1 atom stereocenters. The van der Waals surface area contributed by atoms with Crippen LogP contribution < -0.4 is 0 Å². The van der Waals surface area contributed by atoms with Crippen molar-refractivity contribution in [3.8, 4) is 0 Å². The number of ether oxygens (including phenoxy) is 2. The summed E-state index contributed by atoms with van der Waals surface area (Å²) < 4.78 is 48.4. The lowest BCUT2D eigenvalue weighted by molar-refractivity contribution is -0.141. The second kappa shape index (κ2) is 7.11. The van der Waals surface area contributed by atoms with Crippen LogP contribution in [0.1, 0.15) is 23.7 Å². The second-order valence-corrected chi connectivity index (χ2v) is 5.11. The minimum absolute atomic E-state index is 0.256. The number of methoxy groups -OCH3 is 1. The van der Waals surface area contributed by atoms with E-state index in [1.807, 2.05) is 4.90 Å². The number of hydrogen-bond acceptors (Lipinski definition) is 4. The summed E-state index contributed by atoms with van der Waals surface area (Å²) in [5, 5.41) is 0. The highest BCUT2D eigenvalue weighted by Gasteiger charge is 2.31. The number of hydrogen-bond donors (Lipinski definition) is 0. The average molecular weight is 317 g/mol. The molecule has 0 amide bonds. The van der Waals surface area contributed by atoms with Gasteiger partial charge < -0.3 is 9.47 Å². The zero-order chi connectivity index (χ0) is 16.2. The van der Waals surface area contributed by atoms with Crippen molar-refractivity contribution in [2.24, 2.45) is 0 Å². The van der Waals surface area contributed by atoms with Crippen molar-refractivity contribution in [3.63, 3.8) is 0 Å². The summed E-state index contributed by atoms with van der Waals surface area (Å²) in [6, 6.07) is 5.18. The second-order valence-electron chi connectivity index (χ2n) is 5.11. The number of carbonyl (C=O) groups is 1. The van der Waals surface area contributed by atoms with Gasteiger partial charge in [-0.2, -0.15) is 13.2 Å². The van der Waals surface area contributed by atoms with Crippen LogP contribution in [0, 0.1) is 0 Å². The molecule has 1 unspecified atom stereocenters. The van der Waals surface area contributed by atoms with Crippen LogP contribution in [-0.2, 0) is 20.4 Å². The van der Waals surface area contributed by atoms with Crippen molar-refractivity contribution in [1.29, 1.82) is 0 Å². The molecular formula is C15H18F3NO3. The normalized spacial score (nSPS) is 19.9. The van der Waals surface area contributed by atoms with Gasteiger partial charge in [-0.15, -0.1) is 0 Å². The third-order valence-corrected chi connectivity index (χ3v) is 3.60. The number of alkyl halides is 3. The quantitative estimate of drug-likeness (QED) is 0.800. The molecule has 0 saturated carbocycles. The van der Waals surface area contributed by atoms with E-state index in [1.54, 1.807) is 6.07 Å². The third kappa shape index (κ3) is 4.45. The lowest BCUT2D eigenvalue weighted by Crippen LogP contribution is -2.39. The van der Waals surface area contributed by atoms with Crippen molar-refractivity contribution in [2.75, 3.05) is 33.4 Å². The van der Waals surface area contributed by atoms with Crippen LogP contribution in [0.25, 0.3) is 0 Å². The van der Waals surface area contributed by atoms with Crippen LogP contribution in [0.2, 0.25) is 0 Å². The summed E-state index contributed by atoms with van der Waals surface area (Å²) in [7, 11) is 1.33. The number of halogens is 3. The Bertz CT molecular complexity index is 519. The zero-order valence-corrected chi connectivity index (χ0v) is 12.2. The van der Waals surface area contributed by atoms with Gasteiger partial charge in [-0.25, -0.2) is 0 Å². The highest BCUT2D eigenvalue weighted by atomic mass is 19.4. The molecule has 0 N–H and O–H groups in total. The molecule has 0 aromatic heterocycles. The minimum atomic E-state index is -4.37. The first kappa shape index (κ1) is 16.8. The Morgan fingerprint density at radius 2 is 2.23 bits per heavy atom. The molecule has 1 aromatic carbocycles. The molecule has 1 heterocycles. The van der Waals surface area contributed by atoms with Crippen molar-refractivity contribution >= 4 is 5.97 Å². The molecule has 1 fully saturated rings. The van der Waals surface area contributed by atoms with E-state index in [1.165, 1.54) is 13.2 Å². The molecule has 2 rings (SSSR count). The standard InChI is InChI=1S/C15H18F3NO3/c1-21-14(20)5-6-19-7-8-22-13(10-19)11-3-2-4-12(9-11)15(16,17)18/h2-4,9,13H,5-8,10H2,1H3. The van der Waals surface area contributed by atoms with Crippen molar-refractivity contribution in [1.82, 2.24) is 4.90 Å². The van der Waals surface area contributed by atoms with Gasteiger partial charge in [0.05, 0.1) is 31.8 Å². The SMILES string of the molecule is COC(=O)CCN1CCOC(c2cccc(C(F)(F)F)c2)C1. The van der Waals surface area contributed by atoms with Gasteiger partial charge in [0.2, 0.25) is 0 Å². The van der Waals surface area contributed by atoms with Crippen molar-refractivity contribution in [3.05, 3.63) is 35.4 Å². The molecule has 0 radical (unpaired) electrons. The number of benzene rings is 1. The molecule has 1 aliphatic rings. The lowest BCUT2D eigenvalue weighted by Gasteiger charge is -2.33. The van der Waals surface area contributed by atoms with Gasteiger partial charge in [0.15, 0.2) is 0 Å². The topological polar surface area (TPSA) is 38.8 Å². The molecule has 22 heavy (non-hydrogen) atoms. The Morgan fingerprint density at radius 3 is 2.91 bits per heavy atom. The first-order chi connectivity index (χ1) is 10.4. The first-order valence-corrected chi connectivity index (χ1v) is 6.98. The largest absolute Gasteiger partial charge is 0.469 e. The fourth-order valence-corrected chi connectivity index (χ4v) is 2.37. The number of rotatable bonds is 4. The maximum Gasteiger partial charge on any atom is 0.416 e. The Balaban J connectivity index is 2.01. The summed E-state index contributed by atoms with van der Waals surface area (Å²) in [5.74, 6) is -0.304. The monoisotopic (exact) mass is 317 g/mol. The molecule has 4 nitrogen and oxygen atoms in total. The van der Waals surface area contributed by atoms with E-state index in [0.717, 1.165) is 12.1 Å². The molecule has 0 spiro atoms. The van der Waals surface area contributed by atoms with Crippen molar-refractivity contribution < 1.29 is 27.4 Å². The summed E-state index contributed by atoms with van der Waals surface area (Å²) in [4.78, 5) is 13.1. The van der Waals surface area contributed by atoms with Crippen LogP contribution in [-0.4, -0.2) is 44.2 Å². The smallest absolute Gasteiger partial charge is 0.416 e. The number of esters is 1. The molecular weight excluding hydrogens is 299 g/mol. The Kier molecular flexibility index (Phi) is 5.42. The summed E-state index contributed by atoms with van der Waals surface area (Å²) in [6.45, 7) is 2.03. The van der Waals surface area contributed by atoms with E-state index < -0.39 is 17.8 Å². The maximum atomic E-state index is 12.8. The Morgan fingerprint density at radius 1 is 1.45 bits per heavy atom. The summed E-state index contributed by atoms with van der Waals surface area (Å²) in [6.07, 6.45) is -4.53. The molecule has 0 bridgehead atoms. The highest BCUT2D eigenvalue weighted by Crippen LogP contribution is 2.32. The molecule has 1 aliphatic heterocycles. The predicted octanol–water partition coefficient (Wildman–Crippen LogP) is 2.64. The Hall–Kier alpha value is -1.60. The fraction of sp³-hybridized carbons (Fsp3) is 0.533. The molecule has 122 valence electrons. The number of morpholine rings is 1. The van der Waals surface area contributed by atoms with E-state index >= 15 is 0 Å². The highest BCUT2D eigenvalue weighted by molar-refractivity contribution is 5.69. The van der Waals surface area contributed by atoms with Gasteiger partial charge >= 0.3 is 12.1 Å². The van der Waals surface area contributed by atoms with E-state index in [2.05, 4.69) is 4.74 Å². The van der Waals surface area contributed by atoms with Crippen molar-refractivity contribution in [2.45, 2.75) is 18.7 Å². The zero-order valence-electron chi connectivity index (χ0n) is 12.2. The van der Waals surface area contributed by atoms with Crippen LogP contribution in [0.5, 0.6) is 0 Å². The molecule has 7 heteroatoms. The van der Waals surface area contributed by atoms with E-state index in [0.29, 0.717) is 31.8 Å². The Labute approximate surface area is 126 Å². The average Bonchev–Trinajstić information content (AvgIpc) is 2.52. The maximum absolute atomic E-state index is 12.8. The number of carbonyl (C=O) groups excluding carboxylic acids is 1. The molecule has 1 saturated heterocycles. The predicted molar refractivity (Wildman–Crippen MR) is 73.2 cm³/mol. The summed E-state index contributed by atoms with van der Waals surface area (Å²) >= 11 is 0. The minimum Gasteiger partial charge on any atom is -0.469 e. The fourth-order valence-electron chi connectivity index (χ4n) is 2.37. The van der Waals surface area contributed by atoms with Gasteiger partial charge in [-0.05, 0) is 17.7 Å². The van der Waals surface area contributed by atoms with Gasteiger partial charge in [0.1, 0.15) is 0 Å². The van der Waals surface area contributed by atoms with Gasteiger partial charge in [0.25, 0.3) is 0 Å².